The molecular weight excluding hydrogens is 370 g/mol. The van der Waals surface area contributed by atoms with Crippen LogP contribution in [0.2, 0.25) is 0 Å². The van der Waals surface area contributed by atoms with Gasteiger partial charge in [-0.2, -0.15) is 0 Å². The Morgan fingerprint density at radius 2 is 2.07 bits per heavy atom. The highest BCUT2D eigenvalue weighted by Gasteiger charge is 2.26. The summed E-state index contributed by atoms with van der Waals surface area (Å²) in [5.41, 5.74) is 4.13. The number of anilines is 1. The molecular formula is C22H25N3O2S. The number of carbonyl (C=O) groups excluding carboxylic acids is 1. The van der Waals surface area contributed by atoms with Crippen molar-refractivity contribution in [1.82, 2.24) is 9.88 Å². The number of hydrogen-bond acceptors (Lipinski definition) is 5. The molecule has 0 aliphatic carbocycles. The molecule has 0 unspecified atom stereocenters. The molecule has 1 aliphatic rings. The molecule has 2 atom stereocenters. The Morgan fingerprint density at radius 3 is 2.82 bits per heavy atom. The first-order valence-electron chi connectivity index (χ1n) is 9.64. The largest absolute Gasteiger partial charge is 0.376 e. The Morgan fingerprint density at radius 1 is 1.29 bits per heavy atom. The number of ether oxygens (including phenoxy) is 1. The van der Waals surface area contributed by atoms with Gasteiger partial charge >= 0.3 is 0 Å². The summed E-state index contributed by atoms with van der Waals surface area (Å²) in [7, 11) is 0. The van der Waals surface area contributed by atoms with Gasteiger partial charge in [0.2, 0.25) is 5.91 Å². The van der Waals surface area contributed by atoms with Crippen LogP contribution in [0, 0.1) is 6.92 Å². The third-order valence-corrected chi connectivity index (χ3v) is 6.21. The lowest BCUT2D eigenvalue weighted by atomic mass is 10.2. The van der Waals surface area contributed by atoms with Crippen LogP contribution >= 0.6 is 11.3 Å². The van der Waals surface area contributed by atoms with E-state index in [-0.39, 0.29) is 18.1 Å². The summed E-state index contributed by atoms with van der Waals surface area (Å²) >= 11 is 1.69. The minimum absolute atomic E-state index is 0.0114. The quantitative estimate of drug-likeness (QED) is 0.715. The van der Waals surface area contributed by atoms with E-state index in [2.05, 4.69) is 35.3 Å². The highest BCUT2D eigenvalue weighted by atomic mass is 32.1. The number of thiazole rings is 1. The van der Waals surface area contributed by atoms with E-state index >= 15 is 0 Å². The zero-order valence-electron chi connectivity index (χ0n) is 16.4. The summed E-state index contributed by atoms with van der Waals surface area (Å²) in [5.74, 6) is 0.0114. The van der Waals surface area contributed by atoms with Crippen LogP contribution in [-0.2, 0) is 9.53 Å². The molecule has 3 aromatic rings. The van der Waals surface area contributed by atoms with Gasteiger partial charge in [-0.15, -0.1) is 11.3 Å². The molecule has 28 heavy (non-hydrogen) atoms. The normalized spacial score (nSPS) is 18.9. The topological polar surface area (TPSA) is 54.5 Å². The van der Waals surface area contributed by atoms with Crippen molar-refractivity contribution in [1.29, 1.82) is 0 Å². The highest BCUT2D eigenvalue weighted by molar-refractivity contribution is 7.21. The van der Waals surface area contributed by atoms with E-state index in [4.69, 9.17) is 9.72 Å². The van der Waals surface area contributed by atoms with Gasteiger partial charge in [-0.3, -0.25) is 9.69 Å². The number of benzene rings is 2. The van der Waals surface area contributed by atoms with Gasteiger partial charge in [-0.25, -0.2) is 4.98 Å². The Bertz CT molecular complexity index is 983. The van der Waals surface area contributed by atoms with Crippen LogP contribution in [0.15, 0.2) is 42.5 Å². The highest BCUT2D eigenvalue weighted by Crippen LogP contribution is 2.31. The lowest BCUT2D eigenvalue weighted by Crippen LogP contribution is -2.50. The number of rotatable bonds is 4. The van der Waals surface area contributed by atoms with Gasteiger partial charge < -0.3 is 10.1 Å². The van der Waals surface area contributed by atoms with E-state index in [0.717, 1.165) is 34.9 Å². The van der Waals surface area contributed by atoms with E-state index in [1.807, 2.05) is 38.1 Å². The van der Waals surface area contributed by atoms with Gasteiger partial charge in [0.05, 0.1) is 29.0 Å². The molecule has 5 nitrogen and oxygen atoms in total. The van der Waals surface area contributed by atoms with Gasteiger partial charge in [0.25, 0.3) is 0 Å². The van der Waals surface area contributed by atoms with E-state index < -0.39 is 0 Å². The SMILES string of the molecule is Cc1ccc2nc(-c3ccc(NC(=O)[C@H](C)N4CCO[C@@H](C)C4)cc3)sc2c1. The summed E-state index contributed by atoms with van der Waals surface area (Å²) in [5, 5.41) is 4.02. The molecule has 1 amide bonds. The summed E-state index contributed by atoms with van der Waals surface area (Å²) < 4.78 is 6.76. The van der Waals surface area contributed by atoms with Crippen molar-refractivity contribution in [2.45, 2.75) is 32.9 Å². The maximum atomic E-state index is 12.6. The molecule has 2 aromatic carbocycles. The number of nitrogens with one attached hydrogen (secondary N) is 1. The number of morpholine rings is 1. The standard InChI is InChI=1S/C22H25N3O2S/c1-14-4-9-19-20(12-14)28-22(24-19)17-5-7-18(8-6-17)23-21(26)16(3)25-10-11-27-15(2)13-25/h4-9,12,15-16H,10-11,13H2,1-3H3,(H,23,26)/t15-,16-/m0/s1. The first-order chi connectivity index (χ1) is 13.5. The molecule has 4 rings (SSSR count). The third-order valence-electron chi connectivity index (χ3n) is 5.14. The van der Waals surface area contributed by atoms with Crippen LogP contribution in [0.4, 0.5) is 5.69 Å². The van der Waals surface area contributed by atoms with Crippen molar-refractivity contribution in [3.63, 3.8) is 0 Å². The van der Waals surface area contributed by atoms with Gasteiger partial charge in [0.15, 0.2) is 0 Å². The molecule has 2 heterocycles. The molecule has 0 bridgehead atoms. The van der Waals surface area contributed by atoms with E-state index in [1.54, 1.807) is 11.3 Å². The molecule has 146 valence electrons. The Balaban J connectivity index is 1.44. The maximum Gasteiger partial charge on any atom is 0.241 e. The molecule has 1 N–H and O–H groups in total. The van der Waals surface area contributed by atoms with Crippen LogP contribution < -0.4 is 5.32 Å². The van der Waals surface area contributed by atoms with Gasteiger partial charge in [-0.1, -0.05) is 6.07 Å². The number of amides is 1. The van der Waals surface area contributed by atoms with Crippen LogP contribution in [0.3, 0.4) is 0 Å². The molecule has 0 saturated carbocycles. The summed E-state index contributed by atoms with van der Waals surface area (Å²) in [4.78, 5) is 19.5. The van der Waals surface area contributed by atoms with Gasteiger partial charge in [0.1, 0.15) is 5.01 Å². The predicted octanol–water partition coefficient (Wildman–Crippen LogP) is 4.32. The fourth-order valence-corrected chi connectivity index (χ4v) is 4.53. The van der Waals surface area contributed by atoms with Gasteiger partial charge in [-0.05, 0) is 62.7 Å². The van der Waals surface area contributed by atoms with Crippen molar-refractivity contribution in [3.8, 4) is 10.6 Å². The van der Waals surface area contributed by atoms with Crippen molar-refractivity contribution < 1.29 is 9.53 Å². The third kappa shape index (κ3) is 4.09. The van der Waals surface area contributed by atoms with E-state index in [9.17, 15) is 4.79 Å². The fourth-order valence-electron chi connectivity index (χ4n) is 3.46. The number of aryl methyl sites for hydroxylation is 1. The predicted molar refractivity (Wildman–Crippen MR) is 115 cm³/mol. The smallest absolute Gasteiger partial charge is 0.241 e. The number of hydrogen-bond donors (Lipinski definition) is 1. The Kier molecular flexibility index (Phi) is 5.44. The number of nitrogens with zero attached hydrogens (tertiary/aromatic N) is 2. The molecule has 1 fully saturated rings. The molecule has 0 radical (unpaired) electrons. The molecule has 0 spiro atoms. The molecule has 1 aliphatic heterocycles. The van der Waals surface area contributed by atoms with Crippen molar-refractivity contribution >= 4 is 33.1 Å². The first kappa shape index (κ1) is 19.1. The number of carbonyl (C=O) groups is 1. The average Bonchev–Trinajstić information content (AvgIpc) is 3.11. The van der Waals surface area contributed by atoms with Crippen LogP contribution in [0.5, 0.6) is 0 Å². The average molecular weight is 396 g/mol. The van der Waals surface area contributed by atoms with Crippen LogP contribution in [0.1, 0.15) is 19.4 Å². The zero-order valence-corrected chi connectivity index (χ0v) is 17.3. The van der Waals surface area contributed by atoms with Crippen LogP contribution in [0.25, 0.3) is 20.8 Å². The summed E-state index contributed by atoms with van der Waals surface area (Å²) in [6, 6.07) is 14.0. The lowest BCUT2D eigenvalue weighted by molar-refractivity contribution is -0.123. The summed E-state index contributed by atoms with van der Waals surface area (Å²) in [6.07, 6.45) is 0.167. The minimum atomic E-state index is -0.182. The second-order valence-corrected chi connectivity index (χ2v) is 8.44. The fraction of sp³-hybridized carbons (Fsp3) is 0.364. The van der Waals surface area contributed by atoms with E-state index in [1.165, 1.54) is 10.3 Å². The molecule has 6 heteroatoms. The monoisotopic (exact) mass is 395 g/mol. The molecule has 1 saturated heterocycles. The number of fused-ring (bicyclic) bond motifs is 1. The Labute approximate surface area is 169 Å². The van der Waals surface area contributed by atoms with Crippen molar-refractivity contribution in [2.24, 2.45) is 0 Å². The second-order valence-electron chi connectivity index (χ2n) is 7.41. The molecule has 1 aromatic heterocycles. The lowest BCUT2D eigenvalue weighted by Gasteiger charge is -2.34. The minimum Gasteiger partial charge on any atom is -0.376 e. The number of aromatic nitrogens is 1. The van der Waals surface area contributed by atoms with E-state index in [0.29, 0.717) is 6.61 Å². The van der Waals surface area contributed by atoms with Crippen molar-refractivity contribution in [3.05, 3.63) is 48.0 Å². The first-order valence-corrected chi connectivity index (χ1v) is 10.5. The van der Waals surface area contributed by atoms with Gasteiger partial charge in [0, 0.05) is 24.3 Å². The zero-order chi connectivity index (χ0) is 19.7. The second kappa shape index (κ2) is 7.99. The summed E-state index contributed by atoms with van der Waals surface area (Å²) in [6.45, 7) is 8.33. The Hall–Kier alpha value is -2.28. The van der Waals surface area contributed by atoms with Crippen molar-refractivity contribution in [2.75, 3.05) is 25.0 Å². The maximum absolute atomic E-state index is 12.6. The van der Waals surface area contributed by atoms with Crippen LogP contribution in [-0.4, -0.2) is 47.6 Å².